The highest BCUT2D eigenvalue weighted by Crippen LogP contribution is 2.43. The highest BCUT2D eigenvalue weighted by atomic mass is 16.5. The number of hydrogen-bond donors (Lipinski definition) is 1. The van der Waals surface area contributed by atoms with Gasteiger partial charge in [-0.2, -0.15) is 0 Å². The number of nitrogens with zero attached hydrogens (tertiary/aromatic N) is 3. The Morgan fingerprint density at radius 3 is 2.48 bits per heavy atom. The van der Waals surface area contributed by atoms with Crippen LogP contribution in [0.25, 0.3) is 0 Å². The Morgan fingerprint density at radius 1 is 1.10 bits per heavy atom. The van der Waals surface area contributed by atoms with Gasteiger partial charge in [0, 0.05) is 57.1 Å². The first kappa shape index (κ1) is 20.5. The van der Waals surface area contributed by atoms with Crippen LogP contribution in [0.1, 0.15) is 33.1 Å². The summed E-state index contributed by atoms with van der Waals surface area (Å²) >= 11 is 0. The van der Waals surface area contributed by atoms with Gasteiger partial charge in [-0.25, -0.2) is 0 Å². The fraction of sp³-hybridized carbons (Fsp3) is 0.696. The lowest BCUT2D eigenvalue weighted by Crippen LogP contribution is -2.54. The predicted octanol–water partition coefficient (Wildman–Crippen LogP) is 2.36. The average molecular weight is 402 g/mol. The number of amides is 1. The summed E-state index contributed by atoms with van der Waals surface area (Å²) in [4.78, 5) is 19.7. The number of carbonyl (C=O) groups excluding carboxylic acids is 1. The van der Waals surface area contributed by atoms with Gasteiger partial charge in [0.2, 0.25) is 5.91 Å². The molecule has 0 aromatic heterocycles. The Hall–Kier alpha value is -1.79. The molecule has 1 N–H and O–H groups in total. The molecular weight excluding hydrogens is 366 g/mol. The summed E-state index contributed by atoms with van der Waals surface area (Å²) in [5, 5.41) is 9.09. The van der Waals surface area contributed by atoms with Crippen LogP contribution in [0.5, 0.6) is 0 Å². The lowest BCUT2D eigenvalue weighted by Gasteiger charge is -2.48. The minimum absolute atomic E-state index is 0.0829. The van der Waals surface area contributed by atoms with Crippen LogP contribution in [0.4, 0.5) is 11.4 Å². The number of benzene rings is 1. The summed E-state index contributed by atoms with van der Waals surface area (Å²) in [6.07, 6.45) is 2.16. The first-order valence-corrected chi connectivity index (χ1v) is 11.1. The van der Waals surface area contributed by atoms with Crippen molar-refractivity contribution < 1.29 is 14.6 Å². The van der Waals surface area contributed by atoms with Gasteiger partial charge in [0.1, 0.15) is 0 Å². The molecule has 4 fully saturated rings. The van der Waals surface area contributed by atoms with E-state index in [1.165, 1.54) is 11.4 Å². The van der Waals surface area contributed by atoms with E-state index in [0.717, 1.165) is 52.4 Å². The van der Waals surface area contributed by atoms with Crippen molar-refractivity contribution in [2.75, 3.05) is 62.3 Å². The largest absolute Gasteiger partial charge is 0.396 e. The molecule has 0 radical (unpaired) electrons. The van der Waals surface area contributed by atoms with Gasteiger partial charge < -0.3 is 24.5 Å². The average Bonchev–Trinajstić information content (AvgIpc) is 3.00. The topological polar surface area (TPSA) is 56.3 Å². The quantitative estimate of drug-likeness (QED) is 0.821. The zero-order valence-corrected chi connectivity index (χ0v) is 17.8. The van der Waals surface area contributed by atoms with E-state index in [0.29, 0.717) is 24.8 Å². The summed E-state index contributed by atoms with van der Waals surface area (Å²) in [5.74, 6) is 0.678. The van der Waals surface area contributed by atoms with Crippen LogP contribution < -0.4 is 9.80 Å². The van der Waals surface area contributed by atoms with Gasteiger partial charge in [-0.05, 0) is 48.4 Å². The smallest absolute Gasteiger partial charge is 0.222 e. The first-order chi connectivity index (χ1) is 14.0. The molecule has 4 heterocycles. The summed E-state index contributed by atoms with van der Waals surface area (Å²) in [6, 6.07) is 9.28. The Balaban J connectivity index is 1.52. The van der Waals surface area contributed by atoms with E-state index in [1.54, 1.807) is 0 Å². The number of hydrogen-bond acceptors (Lipinski definition) is 5. The van der Waals surface area contributed by atoms with Crippen molar-refractivity contribution in [1.29, 1.82) is 0 Å². The van der Waals surface area contributed by atoms with Crippen LogP contribution >= 0.6 is 0 Å². The van der Waals surface area contributed by atoms with Gasteiger partial charge in [-0.3, -0.25) is 4.79 Å². The molecule has 160 valence electrons. The fourth-order valence-corrected chi connectivity index (χ4v) is 5.39. The summed E-state index contributed by atoms with van der Waals surface area (Å²) in [6.45, 7) is 10.9. The Morgan fingerprint density at radius 2 is 1.79 bits per heavy atom. The van der Waals surface area contributed by atoms with Crippen molar-refractivity contribution in [3.05, 3.63) is 24.3 Å². The molecule has 29 heavy (non-hydrogen) atoms. The molecule has 4 aliphatic heterocycles. The molecule has 2 atom stereocenters. The Kier molecular flexibility index (Phi) is 6.02. The normalized spacial score (nSPS) is 26.5. The SMILES string of the molecule is CC1(C)CC2CN(C(=O)CCCO)CC1N(c1ccc(N3CCOCC3)cc1)C2. The molecule has 0 spiro atoms. The number of ether oxygens (including phenoxy) is 1. The molecule has 1 amide bonds. The lowest BCUT2D eigenvalue weighted by atomic mass is 9.73. The number of fused-ring (bicyclic) bond motifs is 4. The van der Waals surface area contributed by atoms with E-state index in [9.17, 15) is 4.79 Å². The third-order valence-corrected chi connectivity index (χ3v) is 6.88. The van der Waals surface area contributed by atoms with E-state index in [4.69, 9.17) is 9.84 Å². The van der Waals surface area contributed by atoms with Crippen LogP contribution in [0, 0.1) is 11.3 Å². The molecule has 1 aromatic carbocycles. The number of aliphatic hydroxyl groups excluding tert-OH is 1. The molecule has 2 bridgehead atoms. The van der Waals surface area contributed by atoms with Gasteiger partial charge in [0.15, 0.2) is 0 Å². The zero-order chi connectivity index (χ0) is 20.4. The van der Waals surface area contributed by atoms with Crippen LogP contribution in [0.3, 0.4) is 0 Å². The number of carbonyl (C=O) groups is 1. The molecular formula is C23H35N3O3. The summed E-state index contributed by atoms with van der Waals surface area (Å²) < 4.78 is 5.47. The maximum absolute atomic E-state index is 12.7. The Bertz CT molecular complexity index is 700. The molecule has 1 aromatic rings. The maximum atomic E-state index is 12.7. The fourth-order valence-electron chi connectivity index (χ4n) is 5.39. The summed E-state index contributed by atoms with van der Waals surface area (Å²) in [5.41, 5.74) is 2.68. The number of morpholine rings is 1. The van der Waals surface area contributed by atoms with E-state index in [2.05, 4.69) is 52.8 Å². The third kappa shape index (κ3) is 4.38. The summed E-state index contributed by atoms with van der Waals surface area (Å²) in [7, 11) is 0. The van der Waals surface area contributed by atoms with Gasteiger partial charge in [-0.1, -0.05) is 13.8 Å². The van der Waals surface area contributed by atoms with E-state index < -0.39 is 0 Å². The monoisotopic (exact) mass is 401 g/mol. The molecule has 5 rings (SSSR count). The van der Waals surface area contributed by atoms with Crippen LogP contribution in [0.15, 0.2) is 24.3 Å². The first-order valence-electron chi connectivity index (χ1n) is 11.1. The number of piperidine rings is 1. The molecule has 0 saturated carbocycles. The van der Waals surface area contributed by atoms with Crippen molar-refractivity contribution in [2.45, 2.75) is 39.2 Å². The van der Waals surface area contributed by atoms with Crippen molar-refractivity contribution in [2.24, 2.45) is 11.3 Å². The molecule has 2 unspecified atom stereocenters. The lowest BCUT2D eigenvalue weighted by molar-refractivity contribution is -0.131. The van der Waals surface area contributed by atoms with E-state index >= 15 is 0 Å². The zero-order valence-electron chi connectivity index (χ0n) is 17.8. The molecule has 6 heteroatoms. The van der Waals surface area contributed by atoms with Gasteiger partial charge in [0.05, 0.1) is 19.3 Å². The Labute approximate surface area is 174 Å². The maximum Gasteiger partial charge on any atom is 0.222 e. The van der Waals surface area contributed by atoms with Crippen LogP contribution in [-0.2, 0) is 9.53 Å². The third-order valence-electron chi connectivity index (χ3n) is 6.88. The highest BCUT2D eigenvalue weighted by molar-refractivity contribution is 5.76. The second-order valence-electron chi connectivity index (χ2n) is 9.47. The standard InChI is InChI=1S/C23H35N3O3/c1-23(2)14-18-15-25(22(28)4-3-11-27)17-21(23)26(16-18)20-7-5-19(6-8-20)24-9-12-29-13-10-24/h5-8,18,21,27H,3-4,9-17H2,1-2H3. The minimum Gasteiger partial charge on any atom is -0.396 e. The van der Waals surface area contributed by atoms with E-state index in [1.807, 2.05) is 0 Å². The van der Waals surface area contributed by atoms with Gasteiger partial charge in [-0.15, -0.1) is 0 Å². The van der Waals surface area contributed by atoms with Crippen molar-refractivity contribution >= 4 is 17.3 Å². The van der Waals surface area contributed by atoms with Crippen molar-refractivity contribution in [1.82, 2.24) is 4.90 Å². The predicted molar refractivity (Wildman–Crippen MR) is 115 cm³/mol. The van der Waals surface area contributed by atoms with Gasteiger partial charge in [0.25, 0.3) is 0 Å². The van der Waals surface area contributed by atoms with Crippen molar-refractivity contribution in [3.8, 4) is 0 Å². The second kappa shape index (κ2) is 8.52. The number of aliphatic hydroxyl groups is 1. The second-order valence-corrected chi connectivity index (χ2v) is 9.47. The molecule has 0 aliphatic carbocycles. The molecule has 4 saturated heterocycles. The van der Waals surface area contributed by atoms with Crippen molar-refractivity contribution in [3.63, 3.8) is 0 Å². The number of anilines is 2. The number of rotatable bonds is 5. The van der Waals surface area contributed by atoms with E-state index in [-0.39, 0.29) is 17.9 Å². The molecule has 4 aliphatic rings. The van der Waals surface area contributed by atoms with Crippen LogP contribution in [0.2, 0.25) is 0 Å². The van der Waals surface area contributed by atoms with Crippen LogP contribution in [-0.4, -0.2) is 74.5 Å². The highest BCUT2D eigenvalue weighted by Gasteiger charge is 2.46. The molecule has 6 nitrogen and oxygen atoms in total. The minimum atomic E-state index is 0.0829. The van der Waals surface area contributed by atoms with Gasteiger partial charge >= 0.3 is 0 Å².